The van der Waals surface area contributed by atoms with Gasteiger partial charge in [0.05, 0.1) is 5.38 Å². The quantitative estimate of drug-likeness (QED) is 0.316. The first kappa shape index (κ1) is 11.8. The van der Waals surface area contributed by atoms with Crippen molar-refractivity contribution >= 4 is 11.6 Å². The van der Waals surface area contributed by atoms with Crippen LogP contribution in [0.4, 0.5) is 0 Å². The second-order valence-corrected chi connectivity index (χ2v) is 3.55. The molecule has 0 aromatic carbocycles. The first-order valence-electron chi connectivity index (χ1n) is 4.74. The summed E-state index contributed by atoms with van der Waals surface area (Å²) in [4.78, 5) is 0. The summed E-state index contributed by atoms with van der Waals surface area (Å²) in [6, 6.07) is 0. The number of halogens is 1. The third-order valence-corrected chi connectivity index (χ3v) is 2.15. The van der Waals surface area contributed by atoms with Gasteiger partial charge in [-0.3, -0.25) is 0 Å². The number of rotatable bonds is 7. The second-order valence-electron chi connectivity index (χ2n) is 2.99. The number of hydrogen-bond donors (Lipinski definition) is 0. The van der Waals surface area contributed by atoms with Gasteiger partial charge in [0.15, 0.2) is 0 Å². The van der Waals surface area contributed by atoms with Crippen LogP contribution in [0.5, 0.6) is 0 Å². The Labute approximate surface area is 81.3 Å². The fourth-order valence-electron chi connectivity index (χ4n) is 1.06. The fraction of sp³-hybridized carbons (Fsp3) is 0.636. The standard InChI is InChI=1S/C11H19Cl/c1-3-5-7-8-10-11(12)9-6-4-2/h4,6,9,11H,2-3,5,7-8,10H2,1H3. The third kappa shape index (κ3) is 7.87. The highest BCUT2D eigenvalue weighted by Gasteiger charge is 1.97. The molecule has 0 rings (SSSR count). The largest absolute Gasteiger partial charge is 0.118 e. The summed E-state index contributed by atoms with van der Waals surface area (Å²) in [6.45, 7) is 5.81. The lowest BCUT2D eigenvalue weighted by molar-refractivity contribution is 0.640. The highest BCUT2D eigenvalue weighted by molar-refractivity contribution is 6.21. The van der Waals surface area contributed by atoms with Crippen LogP contribution in [-0.4, -0.2) is 5.38 Å². The Morgan fingerprint density at radius 1 is 1.33 bits per heavy atom. The molecule has 0 bridgehead atoms. The highest BCUT2D eigenvalue weighted by atomic mass is 35.5. The monoisotopic (exact) mass is 186 g/mol. The zero-order valence-corrected chi connectivity index (χ0v) is 8.69. The van der Waals surface area contributed by atoms with Crippen molar-refractivity contribution in [1.82, 2.24) is 0 Å². The van der Waals surface area contributed by atoms with Crippen LogP contribution in [0.1, 0.15) is 39.0 Å². The Bertz CT molecular complexity index is 127. The summed E-state index contributed by atoms with van der Waals surface area (Å²) in [5, 5.41) is 0.194. The van der Waals surface area contributed by atoms with Gasteiger partial charge in [-0.15, -0.1) is 11.6 Å². The van der Waals surface area contributed by atoms with Gasteiger partial charge in [-0.05, 0) is 6.42 Å². The van der Waals surface area contributed by atoms with Crippen molar-refractivity contribution in [2.24, 2.45) is 0 Å². The average molecular weight is 187 g/mol. The molecule has 70 valence electrons. The summed E-state index contributed by atoms with van der Waals surface area (Å²) in [5.74, 6) is 0. The van der Waals surface area contributed by atoms with E-state index in [1.54, 1.807) is 6.08 Å². The molecule has 0 N–H and O–H groups in total. The molecule has 0 heterocycles. The molecule has 0 amide bonds. The molecule has 0 saturated carbocycles. The Morgan fingerprint density at radius 3 is 2.67 bits per heavy atom. The van der Waals surface area contributed by atoms with Crippen LogP contribution in [0, 0.1) is 0 Å². The van der Waals surface area contributed by atoms with Gasteiger partial charge in [-0.1, -0.05) is 57.4 Å². The van der Waals surface area contributed by atoms with E-state index in [0.29, 0.717) is 0 Å². The minimum atomic E-state index is 0.194. The van der Waals surface area contributed by atoms with Gasteiger partial charge in [-0.25, -0.2) is 0 Å². The average Bonchev–Trinajstić information content (AvgIpc) is 2.09. The first-order valence-corrected chi connectivity index (χ1v) is 5.18. The smallest absolute Gasteiger partial charge is 0.0519 e. The van der Waals surface area contributed by atoms with Gasteiger partial charge in [0.1, 0.15) is 0 Å². The maximum atomic E-state index is 6.00. The van der Waals surface area contributed by atoms with E-state index in [4.69, 9.17) is 11.6 Å². The SMILES string of the molecule is C=CC=CC(Cl)CCCCCC. The summed E-state index contributed by atoms with van der Waals surface area (Å²) in [5.41, 5.74) is 0. The van der Waals surface area contributed by atoms with Crippen LogP contribution in [0.15, 0.2) is 24.8 Å². The van der Waals surface area contributed by atoms with Crippen molar-refractivity contribution in [2.45, 2.75) is 44.4 Å². The van der Waals surface area contributed by atoms with E-state index in [1.165, 1.54) is 25.7 Å². The molecule has 0 fully saturated rings. The first-order chi connectivity index (χ1) is 5.81. The zero-order chi connectivity index (χ0) is 9.23. The predicted octanol–water partition coefficient (Wildman–Crippen LogP) is 4.31. The van der Waals surface area contributed by atoms with Crippen LogP contribution in [-0.2, 0) is 0 Å². The molecule has 0 saturated heterocycles. The van der Waals surface area contributed by atoms with Crippen molar-refractivity contribution in [3.05, 3.63) is 24.8 Å². The van der Waals surface area contributed by atoms with Crippen LogP contribution < -0.4 is 0 Å². The van der Waals surface area contributed by atoms with E-state index < -0.39 is 0 Å². The minimum Gasteiger partial charge on any atom is -0.118 e. The molecule has 0 spiro atoms. The Balaban J connectivity index is 3.24. The molecule has 0 aliphatic rings. The molecular formula is C11H19Cl. The van der Waals surface area contributed by atoms with Crippen LogP contribution in [0.2, 0.25) is 0 Å². The molecule has 0 radical (unpaired) electrons. The summed E-state index contributed by atoms with van der Waals surface area (Å²) >= 11 is 6.00. The summed E-state index contributed by atoms with van der Waals surface area (Å²) in [6.07, 6.45) is 11.9. The zero-order valence-electron chi connectivity index (χ0n) is 7.93. The van der Waals surface area contributed by atoms with Crippen molar-refractivity contribution < 1.29 is 0 Å². The maximum Gasteiger partial charge on any atom is 0.0519 e. The van der Waals surface area contributed by atoms with E-state index in [9.17, 15) is 0 Å². The predicted molar refractivity (Wildman–Crippen MR) is 57.7 cm³/mol. The molecule has 0 aliphatic carbocycles. The van der Waals surface area contributed by atoms with E-state index in [2.05, 4.69) is 13.5 Å². The summed E-state index contributed by atoms with van der Waals surface area (Å²) in [7, 11) is 0. The molecule has 0 aromatic rings. The molecule has 0 nitrogen and oxygen atoms in total. The number of alkyl halides is 1. The Kier molecular flexibility index (Phi) is 8.69. The maximum absolute atomic E-state index is 6.00. The number of unbranched alkanes of at least 4 members (excludes halogenated alkanes) is 3. The second kappa shape index (κ2) is 8.86. The van der Waals surface area contributed by atoms with Crippen molar-refractivity contribution in [3.8, 4) is 0 Å². The highest BCUT2D eigenvalue weighted by Crippen LogP contribution is 2.11. The number of hydrogen-bond acceptors (Lipinski definition) is 0. The van der Waals surface area contributed by atoms with Gasteiger partial charge < -0.3 is 0 Å². The molecule has 0 aliphatic heterocycles. The fourth-order valence-corrected chi connectivity index (χ4v) is 1.30. The van der Waals surface area contributed by atoms with E-state index in [-0.39, 0.29) is 5.38 Å². The van der Waals surface area contributed by atoms with E-state index in [1.807, 2.05) is 12.2 Å². The number of allylic oxidation sites excluding steroid dienone is 3. The van der Waals surface area contributed by atoms with E-state index >= 15 is 0 Å². The van der Waals surface area contributed by atoms with Gasteiger partial charge in [-0.2, -0.15) is 0 Å². The van der Waals surface area contributed by atoms with Gasteiger partial charge >= 0.3 is 0 Å². The normalized spacial score (nSPS) is 13.5. The molecule has 1 heteroatoms. The van der Waals surface area contributed by atoms with Gasteiger partial charge in [0, 0.05) is 0 Å². The van der Waals surface area contributed by atoms with Crippen LogP contribution in [0.25, 0.3) is 0 Å². The minimum absolute atomic E-state index is 0.194. The van der Waals surface area contributed by atoms with Crippen molar-refractivity contribution in [1.29, 1.82) is 0 Å². The van der Waals surface area contributed by atoms with Gasteiger partial charge in [0.2, 0.25) is 0 Å². The molecule has 1 atom stereocenters. The van der Waals surface area contributed by atoms with Crippen molar-refractivity contribution in [3.63, 3.8) is 0 Å². The molecule has 1 unspecified atom stereocenters. The summed E-state index contributed by atoms with van der Waals surface area (Å²) < 4.78 is 0. The Morgan fingerprint density at radius 2 is 2.08 bits per heavy atom. The van der Waals surface area contributed by atoms with E-state index in [0.717, 1.165) is 6.42 Å². The molecular weight excluding hydrogens is 168 g/mol. The molecule has 12 heavy (non-hydrogen) atoms. The topological polar surface area (TPSA) is 0 Å². The third-order valence-electron chi connectivity index (χ3n) is 1.79. The lowest BCUT2D eigenvalue weighted by atomic mass is 10.1. The van der Waals surface area contributed by atoms with Gasteiger partial charge in [0.25, 0.3) is 0 Å². The molecule has 0 aromatic heterocycles. The van der Waals surface area contributed by atoms with Crippen LogP contribution in [0.3, 0.4) is 0 Å². The van der Waals surface area contributed by atoms with Crippen molar-refractivity contribution in [2.75, 3.05) is 0 Å². The Hall–Kier alpha value is -0.230. The lowest BCUT2D eigenvalue weighted by Gasteiger charge is -2.02. The van der Waals surface area contributed by atoms with Crippen LogP contribution >= 0.6 is 11.6 Å². The lowest BCUT2D eigenvalue weighted by Crippen LogP contribution is -1.92.